The number of carbonyl (C=O) groups excluding carboxylic acids is 1. The quantitative estimate of drug-likeness (QED) is 0.805. The molecule has 7 heteroatoms. The van der Waals surface area contributed by atoms with Gasteiger partial charge in [0.2, 0.25) is 5.91 Å². The van der Waals surface area contributed by atoms with E-state index in [2.05, 4.69) is 15.9 Å². The summed E-state index contributed by atoms with van der Waals surface area (Å²) in [6.45, 7) is -0.0463. The Hall–Kier alpha value is -1.79. The molecule has 0 atom stereocenters. The first-order valence-electron chi connectivity index (χ1n) is 5.84. The highest BCUT2D eigenvalue weighted by Crippen LogP contribution is 2.35. The number of nitrogen functional groups attached to an aromatic ring is 1. The fourth-order valence-electron chi connectivity index (χ4n) is 1.70. The van der Waals surface area contributed by atoms with Crippen LogP contribution in [0.25, 0.3) is 0 Å². The molecule has 0 heterocycles. The number of hydrogen-bond acceptors (Lipinski definition) is 3. The van der Waals surface area contributed by atoms with E-state index in [9.17, 15) is 9.18 Å². The van der Waals surface area contributed by atoms with Crippen molar-refractivity contribution in [3.05, 3.63) is 56.8 Å². The Morgan fingerprint density at radius 2 is 2.05 bits per heavy atom. The van der Waals surface area contributed by atoms with Crippen LogP contribution < -0.4 is 16.2 Å². The average Bonchev–Trinajstić information content (AvgIpc) is 2.38. The summed E-state index contributed by atoms with van der Waals surface area (Å²) >= 11 is 9.12. The number of rotatable bonds is 4. The molecule has 0 aliphatic heterocycles. The lowest BCUT2D eigenvalue weighted by Crippen LogP contribution is -2.12. The fraction of sp³-hybridized carbons (Fsp3) is 0.0714. The molecule has 21 heavy (non-hydrogen) atoms. The van der Waals surface area contributed by atoms with Crippen molar-refractivity contribution in [2.24, 2.45) is 5.73 Å². The molecule has 0 bridgehead atoms. The summed E-state index contributed by atoms with van der Waals surface area (Å²) in [6, 6.07) is 7.11. The minimum absolute atomic E-state index is 0.0463. The Morgan fingerprint density at radius 1 is 1.33 bits per heavy atom. The smallest absolute Gasteiger partial charge is 0.248 e. The predicted octanol–water partition coefficient (Wildman–Crippen LogP) is 3.50. The van der Waals surface area contributed by atoms with E-state index in [0.717, 1.165) is 6.07 Å². The van der Waals surface area contributed by atoms with Crippen molar-refractivity contribution in [3.8, 4) is 5.75 Å². The van der Waals surface area contributed by atoms with E-state index in [4.69, 9.17) is 27.8 Å². The van der Waals surface area contributed by atoms with Crippen LogP contribution in [0.1, 0.15) is 15.9 Å². The molecule has 0 saturated carbocycles. The number of hydrogen-bond donors (Lipinski definition) is 2. The zero-order valence-electron chi connectivity index (χ0n) is 10.7. The number of carbonyl (C=O) groups is 1. The molecule has 1 amide bonds. The van der Waals surface area contributed by atoms with E-state index in [1.165, 1.54) is 18.2 Å². The first-order valence-corrected chi connectivity index (χ1v) is 7.01. The van der Waals surface area contributed by atoms with Crippen molar-refractivity contribution < 1.29 is 13.9 Å². The maximum atomic E-state index is 13.8. The van der Waals surface area contributed by atoms with E-state index >= 15 is 0 Å². The minimum atomic E-state index is -0.689. The third kappa shape index (κ3) is 3.65. The number of ether oxygens (including phenoxy) is 1. The van der Waals surface area contributed by atoms with Gasteiger partial charge in [0.15, 0.2) is 5.75 Å². The van der Waals surface area contributed by atoms with Crippen LogP contribution in [0, 0.1) is 5.82 Å². The van der Waals surface area contributed by atoms with Crippen LogP contribution in [0.5, 0.6) is 5.75 Å². The summed E-state index contributed by atoms with van der Waals surface area (Å²) in [5, 5.41) is 0.462. The van der Waals surface area contributed by atoms with E-state index in [0.29, 0.717) is 20.9 Å². The number of benzene rings is 2. The van der Waals surface area contributed by atoms with E-state index in [-0.39, 0.29) is 17.7 Å². The fourth-order valence-corrected chi connectivity index (χ4v) is 2.65. The zero-order chi connectivity index (χ0) is 15.6. The van der Waals surface area contributed by atoms with Gasteiger partial charge in [-0.3, -0.25) is 4.79 Å². The summed E-state index contributed by atoms with van der Waals surface area (Å²) in [4.78, 5) is 11.0. The van der Waals surface area contributed by atoms with Crippen molar-refractivity contribution >= 4 is 39.1 Å². The van der Waals surface area contributed by atoms with Gasteiger partial charge in [0.25, 0.3) is 0 Å². The molecule has 2 rings (SSSR count). The third-order valence-corrected chi connectivity index (χ3v) is 3.55. The first-order chi connectivity index (χ1) is 9.88. The highest BCUT2D eigenvalue weighted by Gasteiger charge is 2.11. The Bertz CT molecular complexity index is 686. The van der Waals surface area contributed by atoms with Crippen LogP contribution in [-0.2, 0) is 6.61 Å². The normalized spacial score (nSPS) is 10.4. The molecule has 0 aromatic heterocycles. The molecule has 2 aromatic carbocycles. The molecule has 0 saturated heterocycles. The van der Waals surface area contributed by atoms with Gasteiger partial charge in [0.1, 0.15) is 12.4 Å². The second kappa shape index (κ2) is 6.32. The van der Waals surface area contributed by atoms with Crippen molar-refractivity contribution in [2.75, 3.05) is 5.73 Å². The lowest BCUT2D eigenvalue weighted by Gasteiger charge is -2.12. The van der Waals surface area contributed by atoms with Crippen LogP contribution in [0.15, 0.2) is 34.8 Å². The van der Waals surface area contributed by atoms with Crippen molar-refractivity contribution in [3.63, 3.8) is 0 Å². The summed E-state index contributed by atoms with van der Waals surface area (Å²) in [5.74, 6) is -0.890. The lowest BCUT2D eigenvalue weighted by atomic mass is 10.1. The Balaban J connectivity index is 2.19. The van der Waals surface area contributed by atoms with Gasteiger partial charge in [0, 0.05) is 16.1 Å². The SMILES string of the molecule is NC(=O)c1ccc(COc2c(N)cc(Cl)cc2Br)c(F)c1. The Labute approximate surface area is 134 Å². The number of nitrogens with two attached hydrogens (primary N) is 2. The topological polar surface area (TPSA) is 78.3 Å². The molecule has 0 unspecified atom stereocenters. The maximum absolute atomic E-state index is 13.8. The lowest BCUT2D eigenvalue weighted by molar-refractivity contribution is 0.0999. The minimum Gasteiger partial charge on any atom is -0.485 e. The molecule has 0 radical (unpaired) electrons. The number of amides is 1. The van der Waals surface area contributed by atoms with E-state index in [1.807, 2.05) is 0 Å². The van der Waals surface area contributed by atoms with Gasteiger partial charge in [-0.15, -0.1) is 0 Å². The van der Waals surface area contributed by atoms with Crippen LogP contribution >= 0.6 is 27.5 Å². The second-order valence-corrected chi connectivity index (χ2v) is 5.56. The zero-order valence-corrected chi connectivity index (χ0v) is 13.0. The maximum Gasteiger partial charge on any atom is 0.248 e. The van der Waals surface area contributed by atoms with Crippen LogP contribution in [0.3, 0.4) is 0 Å². The molecule has 4 N–H and O–H groups in total. The van der Waals surface area contributed by atoms with Crippen molar-refractivity contribution in [2.45, 2.75) is 6.61 Å². The Kier molecular flexibility index (Phi) is 4.69. The van der Waals surface area contributed by atoms with E-state index in [1.54, 1.807) is 6.07 Å². The molecular weight excluding hydrogens is 363 g/mol. The summed E-state index contributed by atoms with van der Waals surface area (Å²) < 4.78 is 19.9. The third-order valence-electron chi connectivity index (χ3n) is 2.75. The van der Waals surface area contributed by atoms with Crippen LogP contribution in [-0.4, -0.2) is 5.91 Å². The molecule has 0 aliphatic rings. The molecular formula is C14H11BrClFN2O2. The highest BCUT2D eigenvalue weighted by atomic mass is 79.9. The van der Waals surface area contributed by atoms with Crippen LogP contribution in [0.4, 0.5) is 10.1 Å². The Morgan fingerprint density at radius 3 is 2.62 bits per heavy atom. The predicted molar refractivity (Wildman–Crippen MR) is 82.8 cm³/mol. The summed E-state index contributed by atoms with van der Waals surface area (Å²) in [6.07, 6.45) is 0. The largest absolute Gasteiger partial charge is 0.485 e. The monoisotopic (exact) mass is 372 g/mol. The van der Waals surface area contributed by atoms with Crippen molar-refractivity contribution in [1.29, 1.82) is 0 Å². The first kappa shape index (κ1) is 15.6. The van der Waals surface area contributed by atoms with Gasteiger partial charge in [-0.2, -0.15) is 0 Å². The van der Waals surface area contributed by atoms with Gasteiger partial charge in [-0.1, -0.05) is 17.7 Å². The summed E-state index contributed by atoms with van der Waals surface area (Å²) in [5.41, 5.74) is 11.6. The number of halogens is 3. The van der Waals surface area contributed by atoms with Gasteiger partial charge in [-0.25, -0.2) is 4.39 Å². The van der Waals surface area contributed by atoms with Gasteiger partial charge >= 0.3 is 0 Å². The molecule has 2 aromatic rings. The summed E-state index contributed by atoms with van der Waals surface area (Å²) in [7, 11) is 0. The van der Waals surface area contributed by atoms with Gasteiger partial charge in [-0.05, 0) is 40.2 Å². The standard InChI is InChI=1S/C14H11BrClFN2O2/c15-10-4-9(16)5-12(18)13(10)21-6-8-2-1-7(14(19)20)3-11(8)17/h1-5H,6,18H2,(H2,19,20). The van der Waals surface area contributed by atoms with Crippen molar-refractivity contribution in [1.82, 2.24) is 0 Å². The van der Waals surface area contributed by atoms with Gasteiger partial charge in [0.05, 0.1) is 10.2 Å². The molecule has 0 spiro atoms. The molecule has 0 aliphatic carbocycles. The van der Waals surface area contributed by atoms with Gasteiger partial charge < -0.3 is 16.2 Å². The van der Waals surface area contributed by atoms with E-state index < -0.39 is 11.7 Å². The number of anilines is 1. The highest BCUT2D eigenvalue weighted by molar-refractivity contribution is 9.10. The molecule has 4 nitrogen and oxygen atoms in total. The second-order valence-electron chi connectivity index (χ2n) is 4.27. The van der Waals surface area contributed by atoms with Crippen LogP contribution in [0.2, 0.25) is 5.02 Å². The number of primary amides is 1. The molecule has 110 valence electrons. The average molecular weight is 374 g/mol. The molecule has 0 fully saturated rings.